The first-order chi connectivity index (χ1) is 8.60. The van der Waals surface area contributed by atoms with Crippen molar-refractivity contribution in [2.75, 3.05) is 14.2 Å². The number of nitrogens with two attached hydrogens (primary N) is 1. The van der Waals surface area contributed by atoms with E-state index >= 15 is 0 Å². The average molecular weight is 250 g/mol. The molecule has 0 aliphatic rings. The van der Waals surface area contributed by atoms with Gasteiger partial charge in [-0.3, -0.25) is 4.79 Å². The van der Waals surface area contributed by atoms with Crippen LogP contribution in [0.3, 0.4) is 0 Å². The van der Waals surface area contributed by atoms with Gasteiger partial charge in [-0.15, -0.1) is 0 Å². The Morgan fingerprint density at radius 2 is 2.11 bits per heavy atom. The normalized spacial score (nSPS) is 12.0. The van der Waals surface area contributed by atoms with E-state index in [0.717, 1.165) is 24.2 Å². The number of ether oxygens (including phenoxy) is 1. The van der Waals surface area contributed by atoms with Gasteiger partial charge in [-0.1, -0.05) is 31.5 Å². The van der Waals surface area contributed by atoms with E-state index in [1.54, 1.807) is 19.1 Å². The van der Waals surface area contributed by atoms with Gasteiger partial charge < -0.3 is 15.4 Å². The Kier molecular flexibility index (Phi) is 5.65. The van der Waals surface area contributed by atoms with Crippen molar-refractivity contribution in [1.82, 2.24) is 4.90 Å². The van der Waals surface area contributed by atoms with Crippen LogP contribution >= 0.6 is 0 Å². The fourth-order valence-corrected chi connectivity index (χ4v) is 1.88. The molecule has 0 aromatic heterocycles. The highest BCUT2D eigenvalue weighted by atomic mass is 16.5. The van der Waals surface area contributed by atoms with Crippen molar-refractivity contribution in [3.63, 3.8) is 0 Å². The quantitative estimate of drug-likeness (QED) is 0.837. The van der Waals surface area contributed by atoms with Gasteiger partial charge in [0.15, 0.2) is 0 Å². The van der Waals surface area contributed by atoms with Crippen LogP contribution in [-0.2, 0) is 11.3 Å². The average Bonchev–Trinajstić information content (AvgIpc) is 2.38. The lowest BCUT2D eigenvalue weighted by atomic mass is 10.1. The molecular weight excluding hydrogens is 228 g/mol. The van der Waals surface area contributed by atoms with Crippen LogP contribution in [-0.4, -0.2) is 31.0 Å². The molecule has 0 bridgehead atoms. The summed E-state index contributed by atoms with van der Waals surface area (Å²) < 4.78 is 5.26. The molecule has 0 heterocycles. The Bertz CT molecular complexity index is 393. The molecule has 0 saturated heterocycles. The van der Waals surface area contributed by atoms with E-state index in [1.807, 2.05) is 31.2 Å². The minimum absolute atomic E-state index is 0.0252. The van der Waals surface area contributed by atoms with E-state index in [1.165, 1.54) is 0 Å². The number of amides is 1. The molecule has 4 heteroatoms. The highest BCUT2D eigenvalue weighted by Gasteiger charge is 2.18. The van der Waals surface area contributed by atoms with Gasteiger partial charge in [0.1, 0.15) is 5.75 Å². The third-order valence-electron chi connectivity index (χ3n) is 2.89. The lowest BCUT2D eigenvalue weighted by Gasteiger charge is -2.22. The van der Waals surface area contributed by atoms with E-state index < -0.39 is 6.04 Å². The van der Waals surface area contributed by atoms with E-state index in [4.69, 9.17) is 10.5 Å². The molecule has 0 aliphatic carbocycles. The van der Waals surface area contributed by atoms with Gasteiger partial charge in [-0.2, -0.15) is 0 Å². The molecule has 100 valence electrons. The maximum absolute atomic E-state index is 12.0. The summed E-state index contributed by atoms with van der Waals surface area (Å²) in [5.41, 5.74) is 6.82. The molecule has 0 spiro atoms. The minimum Gasteiger partial charge on any atom is -0.496 e. The first-order valence-corrected chi connectivity index (χ1v) is 6.22. The second-order valence-electron chi connectivity index (χ2n) is 4.40. The van der Waals surface area contributed by atoms with E-state index in [9.17, 15) is 4.79 Å². The summed E-state index contributed by atoms with van der Waals surface area (Å²) in [4.78, 5) is 13.6. The number of methoxy groups -OCH3 is 1. The SMILES string of the molecule is CCC[C@@H](N)C(=O)N(C)Cc1ccccc1OC. The van der Waals surface area contributed by atoms with Crippen LogP contribution in [0.15, 0.2) is 24.3 Å². The monoisotopic (exact) mass is 250 g/mol. The van der Waals surface area contributed by atoms with Crippen molar-refractivity contribution >= 4 is 5.91 Å². The Morgan fingerprint density at radius 1 is 1.44 bits per heavy atom. The third kappa shape index (κ3) is 3.74. The summed E-state index contributed by atoms with van der Waals surface area (Å²) in [6.07, 6.45) is 1.63. The van der Waals surface area contributed by atoms with Crippen LogP contribution in [0.25, 0.3) is 0 Å². The molecule has 2 N–H and O–H groups in total. The number of hydrogen-bond donors (Lipinski definition) is 1. The molecule has 1 atom stereocenters. The molecule has 1 aromatic rings. The van der Waals surface area contributed by atoms with Gasteiger partial charge in [0, 0.05) is 19.2 Å². The second kappa shape index (κ2) is 7.01. The third-order valence-corrected chi connectivity index (χ3v) is 2.89. The zero-order chi connectivity index (χ0) is 13.5. The topological polar surface area (TPSA) is 55.6 Å². The van der Waals surface area contributed by atoms with Crippen LogP contribution in [0.5, 0.6) is 5.75 Å². The Morgan fingerprint density at radius 3 is 2.72 bits per heavy atom. The summed E-state index contributed by atoms with van der Waals surface area (Å²) in [7, 11) is 3.40. The highest BCUT2D eigenvalue weighted by Crippen LogP contribution is 2.19. The summed E-state index contributed by atoms with van der Waals surface area (Å²) in [5.74, 6) is 0.768. The zero-order valence-corrected chi connectivity index (χ0v) is 11.3. The number of para-hydroxylation sites is 1. The second-order valence-corrected chi connectivity index (χ2v) is 4.40. The molecule has 18 heavy (non-hydrogen) atoms. The first kappa shape index (κ1) is 14.5. The Hall–Kier alpha value is -1.55. The van der Waals surface area contributed by atoms with Crippen LogP contribution in [0, 0.1) is 0 Å². The molecule has 1 amide bonds. The maximum Gasteiger partial charge on any atom is 0.239 e. The summed E-state index contributed by atoms with van der Waals surface area (Å²) >= 11 is 0. The molecular formula is C14H22N2O2. The zero-order valence-electron chi connectivity index (χ0n) is 11.3. The molecule has 0 fully saturated rings. The highest BCUT2D eigenvalue weighted by molar-refractivity contribution is 5.81. The number of benzene rings is 1. The fourth-order valence-electron chi connectivity index (χ4n) is 1.88. The number of carbonyl (C=O) groups excluding carboxylic acids is 1. The fraction of sp³-hybridized carbons (Fsp3) is 0.500. The van der Waals surface area contributed by atoms with Crippen molar-refractivity contribution in [3.8, 4) is 5.75 Å². The van der Waals surface area contributed by atoms with Crippen LogP contribution in [0.4, 0.5) is 0 Å². The standard InChI is InChI=1S/C14H22N2O2/c1-4-7-12(15)14(17)16(2)10-11-8-5-6-9-13(11)18-3/h5-6,8-9,12H,4,7,10,15H2,1-3H3/t12-/m1/s1. The molecule has 0 aliphatic heterocycles. The molecule has 1 aromatic carbocycles. The van der Waals surface area contributed by atoms with E-state index in [0.29, 0.717) is 6.54 Å². The van der Waals surface area contributed by atoms with Crippen molar-refractivity contribution in [1.29, 1.82) is 0 Å². The Labute approximate surface area is 109 Å². The van der Waals surface area contributed by atoms with Crippen LogP contribution in [0.1, 0.15) is 25.3 Å². The van der Waals surface area contributed by atoms with Crippen LogP contribution < -0.4 is 10.5 Å². The molecule has 1 rings (SSSR count). The summed E-state index contributed by atoms with van der Waals surface area (Å²) in [5, 5.41) is 0. The van der Waals surface area contributed by atoms with E-state index in [2.05, 4.69) is 0 Å². The van der Waals surface area contributed by atoms with Gasteiger partial charge in [0.05, 0.1) is 13.2 Å². The van der Waals surface area contributed by atoms with Crippen LogP contribution in [0.2, 0.25) is 0 Å². The molecule has 0 radical (unpaired) electrons. The summed E-state index contributed by atoms with van der Waals surface area (Å²) in [6, 6.07) is 7.28. The van der Waals surface area contributed by atoms with Crippen molar-refractivity contribution in [2.24, 2.45) is 5.73 Å². The van der Waals surface area contributed by atoms with E-state index in [-0.39, 0.29) is 5.91 Å². The number of carbonyl (C=O) groups is 1. The predicted molar refractivity (Wildman–Crippen MR) is 72.4 cm³/mol. The van der Waals surface area contributed by atoms with Gasteiger partial charge in [-0.05, 0) is 12.5 Å². The van der Waals surface area contributed by atoms with Crippen molar-refractivity contribution in [2.45, 2.75) is 32.4 Å². The Balaban J connectivity index is 2.69. The minimum atomic E-state index is -0.408. The smallest absolute Gasteiger partial charge is 0.239 e. The molecule has 0 saturated carbocycles. The van der Waals surface area contributed by atoms with Gasteiger partial charge >= 0.3 is 0 Å². The number of rotatable bonds is 6. The van der Waals surface area contributed by atoms with Crippen molar-refractivity contribution in [3.05, 3.63) is 29.8 Å². The molecule has 4 nitrogen and oxygen atoms in total. The number of nitrogens with zero attached hydrogens (tertiary/aromatic N) is 1. The predicted octanol–water partition coefficient (Wildman–Crippen LogP) is 1.78. The molecule has 0 unspecified atom stereocenters. The lowest BCUT2D eigenvalue weighted by molar-refractivity contribution is -0.132. The maximum atomic E-state index is 12.0. The van der Waals surface area contributed by atoms with Crippen molar-refractivity contribution < 1.29 is 9.53 Å². The number of hydrogen-bond acceptors (Lipinski definition) is 3. The van der Waals surface area contributed by atoms with Gasteiger partial charge in [0.2, 0.25) is 5.91 Å². The lowest BCUT2D eigenvalue weighted by Crippen LogP contribution is -2.41. The first-order valence-electron chi connectivity index (χ1n) is 6.22. The largest absolute Gasteiger partial charge is 0.496 e. The summed E-state index contributed by atoms with van der Waals surface area (Å²) in [6.45, 7) is 2.54. The van der Waals surface area contributed by atoms with Gasteiger partial charge in [0.25, 0.3) is 0 Å². The number of likely N-dealkylation sites (N-methyl/N-ethyl adjacent to an activating group) is 1. The van der Waals surface area contributed by atoms with Gasteiger partial charge in [-0.25, -0.2) is 0 Å².